The van der Waals surface area contributed by atoms with Crippen LogP contribution in [0.2, 0.25) is 0 Å². The summed E-state index contributed by atoms with van der Waals surface area (Å²) in [5, 5.41) is 18.1. The van der Waals surface area contributed by atoms with E-state index in [-0.39, 0.29) is 0 Å². The molecule has 5 rings (SSSR count). The van der Waals surface area contributed by atoms with E-state index in [0.717, 1.165) is 48.8 Å². The van der Waals surface area contributed by atoms with Gasteiger partial charge in [-0.3, -0.25) is 4.68 Å². The molecule has 9 nitrogen and oxygen atoms in total. The van der Waals surface area contributed by atoms with Crippen LogP contribution < -0.4 is 4.90 Å². The van der Waals surface area contributed by atoms with Crippen molar-refractivity contribution in [1.29, 1.82) is 5.26 Å². The lowest BCUT2D eigenvalue weighted by Gasteiger charge is -2.33. The molecule has 1 fully saturated rings. The molecule has 0 N–H and O–H groups in total. The van der Waals surface area contributed by atoms with Gasteiger partial charge in [-0.25, -0.2) is 14.5 Å². The fourth-order valence-electron chi connectivity index (χ4n) is 3.74. The van der Waals surface area contributed by atoms with Gasteiger partial charge < -0.3 is 9.80 Å². The minimum Gasteiger partial charge on any atom is -0.354 e. The smallest absolute Gasteiger partial charge is 0.128 e. The fraction of sp³-hybridized carbons (Fsp3) is 0.286. The number of hydrogen-bond donors (Lipinski definition) is 0. The van der Waals surface area contributed by atoms with Gasteiger partial charge in [-0.15, -0.1) is 0 Å². The van der Waals surface area contributed by atoms with Gasteiger partial charge in [-0.1, -0.05) is 0 Å². The Kier molecular flexibility index (Phi) is 4.41. The van der Waals surface area contributed by atoms with E-state index in [9.17, 15) is 5.26 Å². The van der Waals surface area contributed by atoms with Crippen molar-refractivity contribution in [2.24, 2.45) is 7.05 Å². The molecular weight excluding hydrogens is 378 g/mol. The fourth-order valence-corrected chi connectivity index (χ4v) is 3.74. The van der Waals surface area contributed by atoms with Crippen LogP contribution in [0.15, 0.2) is 43.1 Å². The number of likely N-dealkylation sites (N-methyl/N-ethyl adjacent to an activating group) is 1. The first-order chi connectivity index (χ1) is 14.6. The number of pyridine rings is 1. The molecule has 0 saturated carbocycles. The molecule has 30 heavy (non-hydrogen) atoms. The molecule has 1 aliphatic heterocycles. The summed E-state index contributed by atoms with van der Waals surface area (Å²) in [6.07, 6.45) is 8.89. The van der Waals surface area contributed by atoms with Crippen molar-refractivity contribution >= 4 is 11.3 Å². The first-order valence-corrected chi connectivity index (χ1v) is 9.80. The Morgan fingerprint density at radius 2 is 1.77 bits per heavy atom. The minimum absolute atomic E-state index is 0.485. The molecule has 4 aromatic rings. The number of anilines is 1. The second-order valence-corrected chi connectivity index (χ2v) is 7.54. The van der Waals surface area contributed by atoms with Gasteiger partial charge in [0.1, 0.15) is 23.0 Å². The molecule has 0 aromatic carbocycles. The molecular formula is C21H21N9. The summed E-state index contributed by atoms with van der Waals surface area (Å²) < 4.78 is 3.44. The molecule has 9 heteroatoms. The number of aryl methyl sites for hydroxylation is 1. The predicted molar refractivity (Wildman–Crippen MR) is 113 cm³/mol. The Bertz CT molecular complexity index is 1240. The number of hydrogen-bond acceptors (Lipinski definition) is 7. The summed E-state index contributed by atoms with van der Waals surface area (Å²) in [5.41, 5.74) is 4.32. The first-order valence-electron chi connectivity index (χ1n) is 9.80. The summed E-state index contributed by atoms with van der Waals surface area (Å²) in [7, 11) is 4.00. The molecule has 1 aliphatic rings. The zero-order chi connectivity index (χ0) is 20.7. The summed E-state index contributed by atoms with van der Waals surface area (Å²) in [4.78, 5) is 14.2. The second-order valence-electron chi connectivity index (χ2n) is 7.54. The number of rotatable bonds is 3. The van der Waals surface area contributed by atoms with Gasteiger partial charge in [0.15, 0.2) is 0 Å². The molecule has 150 valence electrons. The van der Waals surface area contributed by atoms with Gasteiger partial charge in [0, 0.05) is 56.7 Å². The van der Waals surface area contributed by atoms with Crippen molar-refractivity contribution in [1.82, 2.24) is 34.3 Å². The highest BCUT2D eigenvalue weighted by Gasteiger charge is 2.18. The van der Waals surface area contributed by atoms with E-state index in [1.165, 1.54) is 0 Å². The van der Waals surface area contributed by atoms with Crippen molar-refractivity contribution in [3.63, 3.8) is 0 Å². The summed E-state index contributed by atoms with van der Waals surface area (Å²) >= 11 is 0. The topological polar surface area (TPSA) is 91.2 Å². The number of piperazine rings is 1. The Morgan fingerprint density at radius 3 is 2.43 bits per heavy atom. The number of nitriles is 1. The summed E-state index contributed by atoms with van der Waals surface area (Å²) in [6, 6.07) is 6.26. The van der Waals surface area contributed by atoms with Gasteiger partial charge in [0.05, 0.1) is 30.0 Å². The molecule has 1 saturated heterocycles. The Labute approximate surface area is 173 Å². The van der Waals surface area contributed by atoms with E-state index in [1.807, 2.05) is 37.8 Å². The van der Waals surface area contributed by atoms with Crippen LogP contribution in [0.25, 0.3) is 28.0 Å². The predicted octanol–water partition coefficient (Wildman–Crippen LogP) is 1.82. The van der Waals surface area contributed by atoms with Gasteiger partial charge in [-0.05, 0) is 19.2 Å². The van der Waals surface area contributed by atoms with E-state index in [0.29, 0.717) is 16.8 Å². The molecule has 0 radical (unpaired) electrons. The zero-order valence-corrected chi connectivity index (χ0v) is 16.9. The maximum absolute atomic E-state index is 9.55. The van der Waals surface area contributed by atoms with Gasteiger partial charge in [0.25, 0.3) is 0 Å². The van der Waals surface area contributed by atoms with E-state index < -0.39 is 0 Å². The second kappa shape index (κ2) is 7.24. The van der Waals surface area contributed by atoms with Gasteiger partial charge >= 0.3 is 0 Å². The average molecular weight is 399 g/mol. The highest BCUT2D eigenvalue weighted by Crippen LogP contribution is 2.29. The van der Waals surface area contributed by atoms with Crippen LogP contribution in [-0.4, -0.2) is 67.5 Å². The Morgan fingerprint density at radius 1 is 0.933 bits per heavy atom. The lowest BCUT2D eigenvalue weighted by Crippen LogP contribution is -2.44. The molecule has 0 bridgehead atoms. The van der Waals surface area contributed by atoms with Crippen molar-refractivity contribution in [3.05, 3.63) is 48.7 Å². The number of nitrogens with zero attached hydrogens (tertiary/aromatic N) is 9. The van der Waals surface area contributed by atoms with Crippen molar-refractivity contribution in [2.75, 3.05) is 38.1 Å². The highest BCUT2D eigenvalue weighted by molar-refractivity contribution is 5.83. The molecule has 0 atom stereocenters. The van der Waals surface area contributed by atoms with E-state index >= 15 is 0 Å². The van der Waals surface area contributed by atoms with Gasteiger partial charge in [0.2, 0.25) is 0 Å². The average Bonchev–Trinajstić information content (AvgIpc) is 3.40. The SMILES string of the molecule is CN1CCN(c2ccc(-c3nc(-c4cnn(C)c4)cn4ncc(C#N)c34)cn2)CC1. The molecule has 0 amide bonds. The third-order valence-electron chi connectivity index (χ3n) is 5.47. The summed E-state index contributed by atoms with van der Waals surface area (Å²) in [5.74, 6) is 0.959. The summed E-state index contributed by atoms with van der Waals surface area (Å²) in [6.45, 7) is 3.98. The van der Waals surface area contributed by atoms with Crippen LogP contribution in [0.5, 0.6) is 0 Å². The standard InChI is InChI=1S/C21H21N9/c1-27-5-7-29(8-6-27)19-4-3-15(10-23-19)20-21-16(9-22)11-25-30(21)14-18(26-20)17-12-24-28(2)13-17/h3-4,10-14H,5-8H2,1-2H3. The van der Waals surface area contributed by atoms with Crippen molar-refractivity contribution in [3.8, 4) is 28.6 Å². The lowest BCUT2D eigenvalue weighted by molar-refractivity contribution is 0.312. The quantitative estimate of drug-likeness (QED) is 0.519. The van der Waals surface area contributed by atoms with Crippen LogP contribution in [0.1, 0.15) is 5.56 Å². The van der Waals surface area contributed by atoms with E-state index in [4.69, 9.17) is 9.97 Å². The molecule has 4 aromatic heterocycles. The lowest BCUT2D eigenvalue weighted by atomic mass is 10.1. The van der Waals surface area contributed by atoms with Crippen LogP contribution in [0.4, 0.5) is 5.82 Å². The normalized spacial score (nSPS) is 14.9. The van der Waals surface area contributed by atoms with Crippen LogP contribution in [-0.2, 0) is 7.05 Å². The van der Waals surface area contributed by atoms with Crippen LogP contribution in [0, 0.1) is 11.3 Å². The van der Waals surface area contributed by atoms with Crippen molar-refractivity contribution in [2.45, 2.75) is 0 Å². The van der Waals surface area contributed by atoms with Crippen LogP contribution >= 0.6 is 0 Å². The molecule has 5 heterocycles. The number of fused-ring (bicyclic) bond motifs is 1. The third-order valence-corrected chi connectivity index (χ3v) is 5.47. The maximum Gasteiger partial charge on any atom is 0.128 e. The van der Waals surface area contributed by atoms with Crippen LogP contribution in [0.3, 0.4) is 0 Å². The number of aromatic nitrogens is 6. The molecule has 0 spiro atoms. The molecule has 0 aliphatic carbocycles. The first kappa shape index (κ1) is 18.3. The van der Waals surface area contributed by atoms with Crippen molar-refractivity contribution < 1.29 is 0 Å². The minimum atomic E-state index is 0.485. The Balaban J connectivity index is 1.58. The largest absolute Gasteiger partial charge is 0.354 e. The maximum atomic E-state index is 9.55. The third kappa shape index (κ3) is 3.17. The van der Waals surface area contributed by atoms with Gasteiger partial charge in [-0.2, -0.15) is 15.5 Å². The zero-order valence-electron chi connectivity index (χ0n) is 16.9. The monoisotopic (exact) mass is 399 g/mol. The van der Waals surface area contributed by atoms with E-state index in [2.05, 4.69) is 33.1 Å². The van der Waals surface area contributed by atoms with E-state index in [1.54, 1.807) is 21.6 Å². The highest BCUT2D eigenvalue weighted by atomic mass is 15.3. The Hall–Kier alpha value is -3.77. The molecule has 0 unspecified atom stereocenters.